The summed E-state index contributed by atoms with van der Waals surface area (Å²) < 4.78 is 74.3. The molecule has 1 fully saturated rings. The van der Waals surface area contributed by atoms with Crippen LogP contribution < -0.4 is 10.0 Å². The van der Waals surface area contributed by atoms with Crippen molar-refractivity contribution in [1.29, 1.82) is 4.78 Å². The highest BCUT2D eigenvalue weighted by Gasteiger charge is 2.44. The van der Waals surface area contributed by atoms with Gasteiger partial charge in [0.2, 0.25) is 9.92 Å². The van der Waals surface area contributed by atoms with Crippen molar-refractivity contribution < 1.29 is 21.8 Å². The van der Waals surface area contributed by atoms with Crippen LogP contribution in [-0.2, 0) is 16.3 Å². The maximum atomic E-state index is 15.2. The summed E-state index contributed by atoms with van der Waals surface area (Å²) in [5, 5.41) is 3.03. The van der Waals surface area contributed by atoms with Crippen LogP contribution in [-0.4, -0.2) is 28.3 Å². The van der Waals surface area contributed by atoms with E-state index in [1.807, 2.05) is 36.8 Å². The highest BCUT2D eigenvalue weighted by molar-refractivity contribution is 7.91. The molecular formula is C20H24ClF4N3OS. The standard InChI is InChI=1S/C20H23F4N3OS.ClH/c1-12-8-13(2)10-15(9-12)16-5-3-4-14(19(16)21)11-18-17(6-7-26-18)27-29(25,28)20(22,23)24;/h3-5,8-10,17-18,26H,6-7,11H2,1-2H3,(H2,25,27,28);1H/t17-,18-,29?;/m0./s1. The van der Waals surface area contributed by atoms with E-state index < -0.39 is 33.3 Å². The van der Waals surface area contributed by atoms with Gasteiger partial charge in [0.05, 0.1) is 0 Å². The zero-order valence-corrected chi connectivity index (χ0v) is 18.1. The van der Waals surface area contributed by atoms with Crippen LogP contribution in [0.3, 0.4) is 0 Å². The van der Waals surface area contributed by atoms with Crippen molar-refractivity contribution in [2.24, 2.45) is 0 Å². The molecular weight excluding hydrogens is 442 g/mol. The van der Waals surface area contributed by atoms with Gasteiger partial charge in [-0.3, -0.25) is 0 Å². The molecule has 0 aromatic heterocycles. The highest BCUT2D eigenvalue weighted by Crippen LogP contribution is 2.29. The number of hydrogen-bond donors (Lipinski definition) is 3. The molecule has 2 aromatic rings. The second kappa shape index (κ2) is 9.21. The van der Waals surface area contributed by atoms with Crippen molar-refractivity contribution >= 4 is 22.3 Å². The van der Waals surface area contributed by atoms with Gasteiger partial charge in [0.15, 0.2) is 0 Å². The molecule has 1 unspecified atom stereocenters. The molecule has 0 radical (unpaired) electrons. The third-order valence-electron chi connectivity index (χ3n) is 5.04. The second-order valence-electron chi connectivity index (χ2n) is 7.43. The van der Waals surface area contributed by atoms with Crippen molar-refractivity contribution in [3.05, 3.63) is 58.9 Å². The summed E-state index contributed by atoms with van der Waals surface area (Å²) in [5.74, 6) is -0.424. The number of alkyl halides is 3. The van der Waals surface area contributed by atoms with Gasteiger partial charge in [-0.1, -0.05) is 47.5 Å². The predicted molar refractivity (Wildman–Crippen MR) is 113 cm³/mol. The quantitative estimate of drug-likeness (QED) is 0.551. The lowest BCUT2D eigenvalue weighted by Gasteiger charge is -2.23. The third-order valence-corrected chi connectivity index (χ3v) is 6.33. The van der Waals surface area contributed by atoms with Crippen molar-refractivity contribution in [3.63, 3.8) is 0 Å². The molecule has 0 bridgehead atoms. The van der Waals surface area contributed by atoms with E-state index in [0.717, 1.165) is 16.7 Å². The molecule has 1 heterocycles. The molecule has 30 heavy (non-hydrogen) atoms. The Labute approximate surface area is 180 Å². The molecule has 166 valence electrons. The molecule has 4 nitrogen and oxygen atoms in total. The van der Waals surface area contributed by atoms with Gasteiger partial charge in [-0.15, -0.1) is 12.4 Å². The molecule has 2 aromatic carbocycles. The average molecular weight is 466 g/mol. The van der Waals surface area contributed by atoms with E-state index in [1.54, 1.807) is 18.2 Å². The number of nitrogens with one attached hydrogen (secondary N) is 3. The van der Waals surface area contributed by atoms with Gasteiger partial charge in [-0.25, -0.2) is 18.1 Å². The summed E-state index contributed by atoms with van der Waals surface area (Å²) in [6, 6.07) is 9.33. The van der Waals surface area contributed by atoms with E-state index in [-0.39, 0.29) is 25.2 Å². The highest BCUT2D eigenvalue weighted by atomic mass is 35.5. The fourth-order valence-electron chi connectivity index (χ4n) is 3.73. The molecule has 3 atom stereocenters. The first-order chi connectivity index (χ1) is 13.5. The lowest BCUT2D eigenvalue weighted by molar-refractivity contribution is -0.0420. The summed E-state index contributed by atoms with van der Waals surface area (Å²) in [7, 11) is -4.96. The molecule has 0 amide bonds. The largest absolute Gasteiger partial charge is 0.492 e. The second-order valence-corrected chi connectivity index (χ2v) is 9.25. The van der Waals surface area contributed by atoms with E-state index in [9.17, 15) is 17.4 Å². The van der Waals surface area contributed by atoms with Crippen LogP contribution in [0.4, 0.5) is 17.6 Å². The maximum Gasteiger partial charge on any atom is 0.492 e. The molecule has 0 spiro atoms. The lowest BCUT2D eigenvalue weighted by Crippen LogP contribution is -2.48. The van der Waals surface area contributed by atoms with Gasteiger partial charge in [-0.2, -0.15) is 13.2 Å². The number of halogens is 5. The first-order valence-electron chi connectivity index (χ1n) is 9.20. The molecule has 1 saturated heterocycles. The summed E-state index contributed by atoms with van der Waals surface area (Å²) in [6.07, 6.45) is 0.393. The Morgan fingerprint density at radius 1 is 1.20 bits per heavy atom. The number of benzene rings is 2. The van der Waals surface area contributed by atoms with E-state index in [0.29, 0.717) is 17.7 Å². The minimum atomic E-state index is -5.16. The van der Waals surface area contributed by atoms with Gasteiger partial charge in [0.1, 0.15) is 5.82 Å². The van der Waals surface area contributed by atoms with Gasteiger partial charge in [0.25, 0.3) is 0 Å². The van der Waals surface area contributed by atoms with Crippen molar-refractivity contribution in [2.75, 3.05) is 6.54 Å². The van der Waals surface area contributed by atoms with Gasteiger partial charge < -0.3 is 5.32 Å². The van der Waals surface area contributed by atoms with E-state index in [2.05, 4.69) is 5.32 Å². The topological polar surface area (TPSA) is 65.0 Å². The smallest absolute Gasteiger partial charge is 0.312 e. The molecule has 0 saturated carbocycles. The van der Waals surface area contributed by atoms with Crippen LogP contribution in [0.1, 0.15) is 23.1 Å². The summed E-state index contributed by atoms with van der Waals surface area (Å²) >= 11 is 0. The van der Waals surface area contributed by atoms with Crippen molar-refractivity contribution in [1.82, 2.24) is 10.0 Å². The molecule has 3 rings (SSSR count). The monoisotopic (exact) mass is 465 g/mol. The Morgan fingerprint density at radius 3 is 2.43 bits per heavy atom. The van der Waals surface area contributed by atoms with Crippen LogP contribution in [0.15, 0.2) is 36.4 Å². The Bertz CT molecular complexity index is 991. The van der Waals surface area contributed by atoms with Gasteiger partial charge in [0, 0.05) is 17.6 Å². The maximum absolute atomic E-state index is 15.2. The zero-order chi connectivity index (χ0) is 21.4. The van der Waals surface area contributed by atoms with Crippen LogP contribution in [0.25, 0.3) is 11.1 Å². The fraction of sp³-hybridized carbons (Fsp3) is 0.400. The molecule has 1 aliphatic rings. The van der Waals surface area contributed by atoms with Crippen LogP contribution in [0, 0.1) is 24.4 Å². The normalized spacial score (nSPS) is 21.1. The predicted octanol–water partition coefficient (Wildman–Crippen LogP) is 4.88. The van der Waals surface area contributed by atoms with E-state index in [4.69, 9.17) is 4.78 Å². The van der Waals surface area contributed by atoms with Crippen molar-refractivity contribution in [2.45, 2.75) is 44.3 Å². The van der Waals surface area contributed by atoms with Gasteiger partial charge in [-0.05, 0) is 44.4 Å². The summed E-state index contributed by atoms with van der Waals surface area (Å²) in [4.78, 5) is 0. The summed E-state index contributed by atoms with van der Waals surface area (Å²) in [6.45, 7) is 4.25. The molecule has 1 aliphatic heterocycles. The van der Waals surface area contributed by atoms with Crippen molar-refractivity contribution in [3.8, 4) is 11.1 Å². The van der Waals surface area contributed by atoms with E-state index in [1.165, 1.54) is 0 Å². The van der Waals surface area contributed by atoms with Crippen LogP contribution in [0.5, 0.6) is 0 Å². The van der Waals surface area contributed by atoms with E-state index >= 15 is 4.39 Å². The average Bonchev–Trinajstić information content (AvgIpc) is 3.01. The lowest BCUT2D eigenvalue weighted by atomic mass is 9.95. The molecule has 0 aliphatic carbocycles. The number of rotatable bonds is 5. The SMILES string of the molecule is Cc1cc(C)cc(-c2cccc(C[C@@H]3NCC[C@@H]3NS(=N)(=O)C(F)(F)F)c2F)c1.Cl. The summed E-state index contributed by atoms with van der Waals surface area (Å²) in [5.41, 5.74) is -1.63. The minimum absolute atomic E-state index is 0. The number of aryl methyl sites for hydroxylation is 2. The Morgan fingerprint density at radius 2 is 1.83 bits per heavy atom. The van der Waals surface area contributed by atoms with Crippen LogP contribution in [0.2, 0.25) is 0 Å². The molecule has 10 heteroatoms. The van der Waals surface area contributed by atoms with Gasteiger partial charge >= 0.3 is 5.51 Å². The molecule has 3 N–H and O–H groups in total. The first kappa shape index (κ1) is 24.6. The third kappa shape index (κ3) is 5.32. The fourth-order valence-corrected chi connectivity index (χ4v) is 4.57. The Hall–Kier alpha value is -1.68. The Kier molecular flexibility index (Phi) is 7.55. The van der Waals surface area contributed by atoms with Crippen LogP contribution >= 0.6 is 12.4 Å². The Balaban J connectivity index is 0.00000320. The number of hydrogen-bond acceptors (Lipinski definition) is 3. The first-order valence-corrected chi connectivity index (χ1v) is 10.8. The zero-order valence-electron chi connectivity index (χ0n) is 16.5. The minimum Gasteiger partial charge on any atom is -0.312 e.